The molecule has 1 aliphatic heterocycles. The van der Waals surface area contributed by atoms with Crippen LogP contribution < -0.4 is 10.1 Å². The van der Waals surface area contributed by atoms with Crippen LogP contribution in [0.15, 0.2) is 34.9 Å². The average molecular weight is 346 g/mol. The van der Waals surface area contributed by atoms with Crippen molar-refractivity contribution < 1.29 is 19.1 Å². The third kappa shape index (κ3) is 4.09. The van der Waals surface area contributed by atoms with Gasteiger partial charge < -0.3 is 14.8 Å². The highest BCUT2D eigenvalue weighted by Gasteiger charge is 2.31. The maximum atomic E-state index is 12.1. The van der Waals surface area contributed by atoms with E-state index >= 15 is 0 Å². The van der Waals surface area contributed by atoms with Crippen LogP contribution >= 0.6 is 11.8 Å². The normalized spacial score (nSPS) is 17.0. The Kier molecular flexibility index (Phi) is 6.27. The van der Waals surface area contributed by atoms with Gasteiger partial charge in [0.25, 0.3) is 0 Å². The number of thioether (sulfide) groups is 1. The lowest BCUT2D eigenvalue weighted by Gasteiger charge is -2.26. The summed E-state index contributed by atoms with van der Waals surface area (Å²) in [5.41, 5.74) is 1.22. The number of hydrogen-bond acceptors (Lipinski definition) is 6. The third-order valence-corrected chi connectivity index (χ3v) is 4.50. The van der Waals surface area contributed by atoms with E-state index in [1.807, 2.05) is 31.2 Å². The molecular formula is C17H18N2O4S. The SMILES string of the molecule is CCOc1ccccc1C1CC(=O)NC(SCC(=O)OC)=C1C#N. The number of carbonyl (C=O) groups is 2. The maximum absolute atomic E-state index is 12.1. The van der Waals surface area contributed by atoms with Crippen LogP contribution in [0, 0.1) is 11.3 Å². The second kappa shape index (κ2) is 8.41. The lowest BCUT2D eigenvalue weighted by molar-refractivity contribution is -0.137. The number of methoxy groups -OCH3 is 1. The number of carbonyl (C=O) groups excluding carboxylic acids is 2. The number of hydrogen-bond donors (Lipinski definition) is 1. The van der Waals surface area contributed by atoms with Crippen molar-refractivity contribution in [3.05, 3.63) is 40.4 Å². The number of nitrogens with zero attached hydrogens (tertiary/aromatic N) is 1. The summed E-state index contributed by atoms with van der Waals surface area (Å²) in [5, 5.41) is 12.7. The molecule has 1 unspecified atom stereocenters. The molecule has 0 aromatic heterocycles. The Balaban J connectivity index is 2.39. The fourth-order valence-electron chi connectivity index (χ4n) is 2.44. The minimum absolute atomic E-state index is 0.0249. The summed E-state index contributed by atoms with van der Waals surface area (Å²) in [6.45, 7) is 2.37. The number of benzene rings is 1. The Bertz CT molecular complexity index is 709. The van der Waals surface area contributed by atoms with Crippen LogP contribution in [-0.2, 0) is 14.3 Å². The highest BCUT2D eigenvalue weighted by atomic mass is 32.2. The van der Waals surface area contributed by atoms with Gasteiger partial charge in [0.05, 0.1) is 36.1 Å². The van der Waals surface area contributed by atoms with Gasteiger partial charge in [0.15, 0.2) is 0 Å². The van der Waals surface area contributed by atoms with Crippen LogP contribution in [0.2, 0.25) is 0 Å². The monoisotopic (exact) mass is 346 g/mol. The van der Waals surface area contributed by atoms with Crippen molar-refractivity contribution in [3.63, 3.8) is 0 Å². The second-order valence-corrected chi connectivity index (χ2v) is 5.98. The molecule has 1 aliphatic rings. The van der Waals surface area contributed by atoms with Crippen molar-refractivity contribution >= 4 is 23.6 Å². The Morgan fingerprint density at radius 2 is 2.21 bits per heavy atom. The number of para-hydroxylation sites is 1. The number of nitriles is 1. The van der Waals surface area contributed by atoms with E-state index < -0.39 is 11.9 Å². The van der Waals surface area contributed by atoms with Crippen molar-refractivity contribution in [3.8, 4) is 11.8 Å². The highest BCUT2D eigenvalue weighted by Crippen LogP contribution is 2.39. The first kappa shape index (κ1) is 17.9. The summed E-state index contributed by atoms with van der Waals surface area (Å²) >= 11 is 1.09. The zero-order valence-corrected chi connectivity index (χ0v) is 14.3. The van der Waals surface area contributed by atoms with Gasteiger partial charge in [0.1, 0.15) is 5.75 Å². The van der Waals surface area contributed by atoms with Crippen molar-refractivity contribution in [2.45, 2.75) is 19.3 Å². The molecule has 0 saturated carbocycles. The van der Waals surface area contributed by atoms with Crippen LogP contribution in [0.25, 0.3) is 0 Å². The zero-order chi connectivity index (χ0) is 17.5. The molecule has 1 heterocycles. The van der Waals surface area contributed by atoms with Gasteiger partial charge in [-0.25, -0.2) is 0 Å². The van der Waals surface area contributed by atoms with Gasteiger partial charge in [-0.1, -0.05) is 30.0 Å². The van der Waals surface area contributed by atoms with E-state index in [0.29, 0.717) is 23.0 Å². The lowest BCUT2D eigenvalue weighted by Crippen LogP contribution is -2.31. The van der Waals surface area contributed by atoms with Crippen molar-refractivity contribution in [1.82, 2.24) is 5.32 Å². The van der Waals surface area contributed by atoms with Gasteiger partial charge in [-0.15, -0.1) is 0 Å². The van der Waals surface area contributed by atoms with E-state index in [9.17, 15) is 14.9 Å². The van der Waals surface area contributed by atoms with Crippen LogP contribution in [0.1, 0.15) is 24.8 Å². The van der Waals surface area contributed by atoms with Crippen molar-refractivity contribution in [1.29, 1.82) is 5.26 Å². The van der Waals surface area contributed by atoms with Gasteiger partial charge in [-0.05, 0) is 13.0 Å². The zero-order valence-electron chi connectivity index (χ0n) is 13.5. The Labute approximate surface area is 144 Å². The van der Waals surface area contributed by atoms with Gasteiger partial charge in [-0.3, -0.25) is 9.59 Å². The number of rotatable bonds is 6. The Morgan fingerprint density at radius 3 is 2.88 bits per heavy atom. The third-order valence-electron chi connectivity index (χ3n) is 3.51. The molecule has 1 aromatic rings. The molecule has 0 aliphatic carbocycles. The summed E-state index contributed by atoms with van der Waals surface area (Å²) in [7, 11) is 1.29. The Hall–Kier alpha value is -2.46. The van der Waals surface area contributed by atoms with E-state index in [1.54, 1.807) is 0 Å². The highest BCUT2D eigenvalue weighted by molar-refractivity contribution is 8.03. The molecule has 0 bridgehead atoms. The fourth-order valence-corrected chi connectivity index (χ4v) is 3.35. The number of nitrogens with one attached hydrogen (secondary N) is 1. The molecule has 1 N–H and O–H groups in total. The van der Waals surface area contributed by atoms with Crippen molar-refractivity contribution in [2.75, 3.05) is 19.5 Å². The van der Waals surface area contributed by atoms with E-state index in [1.165, 1.54) is 7.11 Å². The number of ether oxygens (including phenoxy) is 2. The smallest absolute Gasteiger partial charge is 0.316 e. The van der Waals surface area contributed by atoms with Crippen LogP contribution in [0.3, 0.4) is 0 Å². The van der Waals surface area contributed by atoms with Crippen LogP contribution in [-0.4, -0.2) is 31.3 Å². The summed E-state index contributed by atoms with van der Waals surface area (Å²) < 4.78 is 10.2. The molecule has 24 heavy (non-hydrogen) atoms. The number of amides is 1. The molecular weight excluding hydrogens is 328 g/mol. The first-order chi connectivity index (χ1) is 11.6. The number of esters is 1. The Morgan fingerprint density at radius 1 is 1.46 bits per heavy atom. The second-order valence-electron chi connectivity index (χ2n) is 5.00. The predicted molar refractivity (Wildman–Crippen MR) is 90.2 cm³/mol. The average Bonchev–Trinajstić information content (AvgIpc) is 2.59. The van der Waals surface area contributed by atoms with E-state index in [-0.39, 0.29) is 18.1 Å². The molecule has 0 fully saturated rings. The first-order valence-corrected chi connectivity index (χ1v) is 8.44. The maximum Gasteiger partial charge on any atom is 0.316 e. The van der Waals surface area contributed by atoms with E-state index in [4.69, 9.17) is 4.74 Å². The molecule has 0 radical (unpaired) electrons. The minimum atomic E-state index is -0.420. The standard InChI is InChI=1S/C17H18N2O4S/c1-3-23-14-7-5-4-6-11(14)12-8-15(20)19-17(13(12)9-18)24-10-16(21)22-2/h4-7,12H,3,8,10H2,1-2H3,(H,19,20). The summed E-state index contributed by atoms with van der Waals surface area (Å²) in [5.74, 6) is -0.332. The topological polar surface area (TPSA) is 88.4 Å². The van der Waals surface area contributed by atoms with E-state index in [0.717, 1.165) is 17.3 Å². The van der Waals surface area contributed by atoms with E-state index in [2.05, 4.69) is 16.1 Å². The molecule has 1 atom stereocenters. The molecule has 7 heteroatoms. The fraction of sp³-hybridized carbons (Fsp3) is 0.353. The molecule has 2 rings (SSSR count). The largest absolute Gasteiger partial charge is 0.494 e. The molecule has 126 valence electrons. The predicted octanol–water partition coefficient (Wildman–Crippen LogP) is 2.33. The molecule has 6 nitrogen and oxygen atoms in total. The lowest BCUT2D eigenvalue weighted by atomic mass is 9.86. The summed E-state index contributed by atoms with van der Waals surface area (Å²) in [6, 6.07) is 9.54. The first-order valence-electron chi connectivity index (χ1n) is 7.46. The number of allylic oxidation sites excluding steroid dienone is 1. The van der Waals surface area contributed by atoms with Crippen LogP contribution in [0.5, 0.6) is 5.75 Å². The molecule has 0 spiro atoms. The van der Waals surface area contributed by atoms with Gasteiger partial charge in [0, 0.05) is 17.9 Å². The summed E-state index contributed by atoms with van der Waals surface area (Å²) in [4.78, 5) is 23.4. The summed E-state index contributed by atoms with van der Waals surface area (Å²) in [6.07, 6.45) is 0.162. The minimum Gasteiger partial charge on any atom is -0.494 e. The van der Waals surface area contributed by atoms with Crippen molar-refractivity contribution in [2.24, 2.45) is 0 Å². The molecule has 1 amide bonds. The molecule has 1 aromatic carbocycles. The van der Waals surface area contributed by atoms with Crippen LogP contribution in [0.4, 0.5) is 0 Å². The van der Waals surface area contributed by atoms with Gasteiger partial charge in [-0.2, -0.15) is 5.26 Å². The molecule has 0 saturated heterocycles. The van der Waals surface area contributed by atoms with Gasteiger partial charge in [0.2, 0.25) is 5.91 Å². The van der Waals surface area contributed by atoms with Gasteiger partial charge >= 0.3 is 5.97 Å². The quantitative estimate of drug-likeness (QED) is 0.795.